The highest BCUT2D eigenvalue weighted by molar-refractivity contribution is 5.37. The molecule has 3 nitrogen and oxygen atoms in total. The predicted octanol–water partition coefficient (Wildman–Crippen LogP) is 3.65. The lowest BCUT2D eigenvalue weighted by molar-refractivity contribution is 0.123. The molecule has 0 amide bonds. The second kappa shape index (κ2) is 7.39. The van der Waals surface area contributed by atoms with Crippen LogP contribution in [0.2, 0.25) is 0 Å². The summed E-state index contributed by atoms with van der Waals surface area (Å²) in [4.78, 5) is 5.25. The van der Waals surface area contributed by atoms with E-state index in [4.69, 9.17) is 0 Å². The standard InChI is InChI=1S/C22H25N3/c23-12-20-8-4-5-9-21(20)16-24-13-19-10-11-22(17-24)25(15-19)14-18-6-2-1-3-7-18/h1-9,19,22H,10-11,13-17H2/t19-,22+/m1/s1. The van der Waals surface area contributed by atoms with Crippen LogP contribution in [0.15, 0.2) is 54.6 Å². The molecular formula is C22H25N3. The van der Waals surface area contributed by atoms with Crippen molar-refractivity contribution in [2.75, 3.05) is 19.6 Å². The normalized spacial score (nSPS) is 24.0. The van der Waals surface area contributed by atoms with Gasteiger partial charge in [0, 0.05) is 38.8 Å². The Balaban J connectivity index is 1.47. The van der Waals surface area contributed by atoms with Crippen molar-refractivity contribution in [3.8, 4) is 6.07 Å². The first kappa shape index (κ1) is 16.3. The van der Waals surface area contributed by atoms with Gasteiger partial charge in [0.25, 0.3) is 0 Å². The van der Waals surface area contributed by atoms with E-state index in [1.807, 2.05) is 18.2 Å². The molecule has 3 aliphatic rings. The van der Waals surface area contributed by atoms with Gasteiger partial charge in [-0.25, -0.2) is 0 Å². The number of rotatable bonds is 4. The molecule has 0 N–H and O–H groups in total. The minimum atomic E-state index is 0.633. The van der Waals surface area contributed by atoms with Gasteiger partial charge in [0.1, 0.15) is 0 Å². The smallest absolute Gasteiger partial charge is 0.0995 e. The SMILES string of the molecule is N#Cc1ccccc1CN1C[C@H]2CC[C@@H](C1)N(Cc1ccccc1)C2. The fraction of sp³-hybridized carbons (Fsp3) is 0.409. The second-order valence-corrected chi connectivity index (χ2v) is 7.48. The molecule has 2 bridgehead atoms. The lowest BCUT2D eigenvalue weighted by atomic mass is 9.94. The third-order valence-electron chi connectivity index (χ3n) is 5.66. The number of benzene rings is 2. The van der Waals surface area contributed by atoms with Crippen LogP contribution in [0.25, 0.3) is 0 Å². The van der Waals surface area contributed by atoms with Gasteiger partial charge in [-0.1, -0.05) is 48.5 Å². The third-order valence-corrected chi connectivity index (χ3v) is 5.66. The van der Waals surface area contributed by atoms with Gasteiger partial charge in [-0.05, 0) is 36.0 Å². The monoisotopic (exact) mass is 331 g/mol. The van der Waals surface area contributed by atoms with Gasteiger partial charge < -0.3 is 0 Å². The predicted molar refractivity (Wildman–Crippen MR) is 99.8 cm³/mol. The topological polar surface area (TPSA) is 30.3 Å². The van der Waals surface area contributed by atoms with Gasteiger partial charge in [-0.2, -0.15) is 5.26 Å². The minimum Gasteiger partial charge on any atom is -0.297 e. The maximum Gasteiger partial charge on any atom is 0.0995 e. The molecule has 25 heavy (non-hydrogen) atoms. The van der Waals surface area contributed by atoms with Gasteiger partial charge in [0.15, 0.2) is 0 Å². The molecule has 2 aromatic carbocycles. The Morgan fingerprint density at radius 3 is 2.52 bits per heavy atom. The van der Waals surface area contributed by atoms with Crippen molar-refractivity contribution in [1.29, 1.82) is 5.26 Å². The summed E-state index contributed by atoms with van der Waals surface area (Å²) in [6, 6.07) is 21.8. The average molecular weight is 331 g/mol. The van der Waals surface area contributed by atoms with Crippen LogP contribution in [0, 0.1) is 17.2 Å². The van der Waals surface area contributed by atoms with Crippen LogP contribution in [-0.4, -0.2) is 35.5 Å². The van der Waals surface area contributed by atoms with Crippen LogP contribution in [0.4, 0.5) is 0 Å². The van der Waals surface area contributed by atoms with Gasteiger partial charge in [0.2, 0.25) is 0 Å². The molecule has 0 spiro atoms. The molecule has 3 fully saturated rings. The quantitative estimate of drug-likeness (QED) is 0.856. The number of fused-ring (bicyclic) bond motifs is 4. The molecule has 2 aromatic rings. The zero-order valence-corrected chi connectivity index (χ0v) is 14.6. The Hall–Kier alpha value is -2.15. The maximum atomic E-state index is 9.35. The van der Waals surface area contributed by atoms with Crippen molar-refractivity contribution in [1.82, 2.24) is 9.80 Å². The molecule has 3 heterocycles. The minimum absolute atomic E-state index is 0.633. The first-order valence-electron chi connectivity index (χ1n) is 9.30. The molecule has 128 valence electrons. The average Bonchev–Trinajstić information content (AvgIpc) is 2.93. The highest BCUT2D eigenvalue weighted by Gasteiger charge is 2.34. The molecule has 3 saturated heterocycles. The maximum absolute atomic E-state index is 9.35. The molecule has 5 rings (SSSR count). The van der Waals surface area contributed by atoms with E-state index in [0.29, 0.717) is 6.04 Å². The molecule has 3 aliphatic heterocycles. The lowest BCUT2D eigenvalue weighted by Crippen LogP contribution is -2.43. The Kier molecular flexibility index (Phi) is 4.83. The molecule has 2 atom stereocenters. The van der Waals surface area contributed by atoms with E-state index in [2.05, 4.69) is 52.3 Å². The number of hydrogen-bond acceptors (Lipinski definition) is 3. The summed E-state index contributed by atoms with van der Waals surface area (Å²) in [6.07, 6.45) is 2.64. The Morgan fingerprint density at radius 1 is 0.880 bits per heavy atom. The summed E-state index contributed by atoms with van der Waals surface area (Å²) in [6.45, 7) is 5.43. The van der Waals surface area contributed by atoms with E-state index in [1.165, 1.54) is 30.5 Å². The van der Waals surface area contributed by atoms with E-state index < -0.39 is 0 Å². The van der Waals surface area contributed by atoms with Crippen molar-refractivity contribution in [2.24, 2.45) is 5.92 Å². The first-order chi connectivity index (χ1) is 12.3. The lowest BCUT2D eigenvalue weighted by Gasteiger charge is -2.36. The van der Waals surface area contributed by atoms with E-state index in [0.717, 1.165) is 37.7 Å². The fourth-order valence-electron chi connectivity index (χ4n) is 4.43. The van der Waals surface area contributed by atoms with Gasteiger partial charge >= 0.3 is 0 Å². The largest absolute Gasteiger partial charge is 0.297 e. The Labute approximate surface area is 150 Å². The van der Waals surface area contributed by atoms with Crippen LogP contribution in [0.3, 0.4) is 0 Å². The summed E-state index contributed by atoms with van der Waals surface area (Å²) in [5.41, 5.74) is 3.40. The zero-order valence-electron chi connectivity index (χ0n) is 14.6. The molecule has 0 unspecified atom stereocenters. The van der Waals surface area contributed by atoms with Crippen LogP contribution < -0.4 is 0 Å². The second-order valence-electron chi connectivity index (χ2n) is 7.48. The van der Waals surface area contributed by atoms with E-state index in [1.54, 1.807) is 0 Å². The highest BCUT2D eigenvalue weighted by atomic mass is 15.3. The van der Waals surface area contributed by atoms with Crippen LogP contribution in [0.5, 0.6) is 0 Å². The number of nitriles is 1. The highest BCUT2D eigenvalue weighted by Crippen LogP contribution is 2.30. The molecular weight excluding hydrogens is 306 g/mol. The van der Waals surface area contributed by atoms with Crippen LogP contribution in [0.1, 0.15) is 29.5 Å². The number of piperidine rings is 1. The number of nitrogens with zero attached hydrogens (tertiary/aromatic N) is 3. The van der Waals surface area contributed by atoms with Crippen molar-refractivity contribution in [3.05, 3.63) is 71.3 Å². The van der Waals surface area contributed by atoms with Gasteiger partial charge in [-0.3, -0.25) is 9.80 Å². The summed E-state index contributed by atoms with van der Waals surface area (Å²) < 4.78 is 0. The van der Waals surface area contributed by atoms with E-state index >= 15 is 0 Å². The van der Waals surface area contributed by atoms with Crippen LogP contribution >= 0.6 is 0 Å². The molecule has 0 radical (unpaired) electrons. The summed E-state index contributed by atoms with van der Waals surface area (Å²) in [7, 11) is 0. The van der Waals surface area contributed by atoms with Crippen LogP contribution in [-0.2, 0) is 13.1 Å². The fourth-order valence-corrected chi connectivity index (χ4v) is 4.43. The summed E-state index contributed by atoms with van der Waals surface area (Å²) in [5.74, 6) is 0.747. The Bertz CT molecular complexity index is 749. The third kappa shape index (κ3) is 3.76. The van der Waals surface area contributed by atoms with E-state index in [-0.39, 0.29) is 0 Å². The molecule has 0 aliphatic carbocycles. The van der Waals surface area contributed by atoms with E-state index in [9.17, 15) is 5.26 Å². The molecule has 0 aromatic heterocycles. The van der Waals surface area contributed by atoms with Crippen molar-refractivity contribution in [2.45, 2.75) is 32.0 Å². The van der Waals surface area contributed by atoms with Crippen molar-refractivity contribution < 1.29 is 0 Å². The van der Waals surface area contributed by atoms with Crippen molar-refractivity contribution >= 4 is 0 Å². The first-order valence-corrected chi connectivity index (χ1v) is 9.30. The van der Waals surface area contributed by atoms with Gasteiger partial charge in [0.05, 0.1) is 11.6 Å². The Morgan fingerprint density at radius 2 is 1.68 bits per heavy atom. The summed E-state index contributed by atoms with van der Waals surface area (Å²) in [5, 5.41) is 9.35. The number of hydrogen-bond donors (Lipinski definition) is 0. The summed E-state index contributed by atoms with van der Waals surface area (Å²) >= 11 is 0. The zero-order chi connectivity index (χ0) is 17.1. The molecule has 0 saturated carbocycles. The van der Waals surface area contributed by atoms with Gasteiger partial charge in [-0.15, -0.1) is 0 Å². The van der Waals surface area contributed by atoms with Crippen molar-refractivity contribution in [3.63, 3.8) is 0 Å². The molecule has 3 heteroatoms.